The summed E-state index contributed by atoms with van der Waals surface area (Å²) in [7, 11) is 0. The van der Waals surface area contributed by atoms with Crippen molar-refractivity contribution < 1.29 is 9.50 Å². The molecule has 1 aliphatic heterocycles. The highest BCUT2D eigenvalue weighted by molar-refractivity contribution is 7.10. The van der Waals surface area contributed by atoms with Crippen LogP contribution in [0.2, 0.25) is 0 Å². The third kappa shape index (κ3) is 3.08. The van der Waals surface area contributed by atoms with Crippen LogP contribution in [0.5, 0.6) is 0 Å². The molecule has 2 nitrogen and oxygen atoms in total. The molecule has 2 heterocycles. The third-order valence-corrected chi connectivity index (χ3v) is 4.88. The van der Waals surface area contributed by atoms with Gasteiger partial charge < -0.3 is 5.11 Å². The number of hydrogen-bond donors (Lipinski definition) is 1. The lowest BCUT2D eigenvalue weighted by Gasteiger charge is -2.27. The largest absolute Gasteiger partial charge is 0.388 e. The molecule has 0 amide bonds. The molecular formula is C16H18FNOS. The molecular weight excluding hydrogens is 273 g/mol. The van der Waals surface area contributed by atoms with E-state index in [-0.39, 0.29) is 5.82 Å². The predicted molar refractivity (Wildman–Crippen MR) is 79.3 cm³/mol. The smallest absolute Gasteiger partial charge is 0.123 e. The Morgan fingerprint density at radius 3 is 2.85 bits per heavy atom. The minimum atomic E-state index is -0.514. The standard InChI is InChI=1S/C16H18FNOS/c17-14-3-1-12(2-4-14)15(19)5-8-18-9-6-16-13(11-18)7-10-20-16/h1-4,7,10,15,19H,5-6,8-9,11H2. The van der Waals surface area contributed by atoms with Gasteiger partial charge in [0.05, 0.1) is 6.10 Å². The van der Waals surface area contributed by atoms with Crippen molar-refractivity contribution in [3.63, 3.8) is 0 Å². The number of aliphatic hydroxyl groups is 1. The zero-order valence-electron chi connectivity index (χ0n) is 11.3. The van der Waals surface area contributed by atoms with Gasteiger partial charge in [-0.25, -0.2) is 4.39 Å². The van der Waals surface area contributed by atoms with Gasteiger partial charge in [-0.05, 0) is 47.5 Å². The Balaban J connectivity index is 1.54. The fourth-order valence-electron chi connectivity index (χ4n) is 2.65. The van der Waals surface area contributed by atoms with Crippen molar-refractivity contribution in [2.45, 2.75) is 25.5 Å². The van der Waals surface area contributed by atoms with Gasteiger partial charge in [0.1, 0.15) is 5.82 Å². The van der Waals surface area contributed by atoms with Gasteiger partial charge >= 0.3 is 0 Å². The maximum atomic E-state index is 12.8. The fraction of sp³-hybridized carbons (Fsp3) is 0.375. The maximum absolute atomic E-state index is 12.8. The minimum absolute atomic E-state index is 0.262. The Morgan fingerprint density at radius 1 is 1.25 bits per heavy atom. The topological polar surface area (TPSA) is 23.5 Å². The average molecular weight is 291 g/mol. The predicted octanol–water partition coefficient (Wildman–Crippen LogP) is 3.37. The summed E-state index contributed by atoms with van der Waals surface area (Å²) >= 11 is 1.84. The molecule has 0 saturated carbocycles. The molecule has 1 atom stereocenters. The van der Waals surface area contributed by atoms with Crippen molar-refractivity contribution in [1.29, 1.82) is 0 Å². The number of hydrogen-bond acceptors (Lipinski definition) is 3. The van der Waals surface area contributed by atoms with E-state index in [2.05, 4.69) is 16.3 Å². The lowest BCUT2D eigenvalue weighted by Crippen LogP contribution is -2.31. The Labute approximate surface area is 122 Å². The zero-order valence-corrected chi connectivity index (χ0v) is 12.1. The molecule has 0 spiro atoms. The number of thiophene rings is 1. The van der Waals surface area contributed by atoms with Crippen LogP contribution in [-0.4, -0.2) is 23.1 Å². The van der Waals surface area contributed by atoms with Gasteiger partial charge in [-0.3, -0.25) is 4.90 Å². The molecule has 0 radical (unpaired) electrons. The van der Waals surface area contributed by atoms with Gasteiger partial charge in [0.15, 0.2) is 0 Å². The monoisotopic (exact) mass is 291 g/mol. The van der Waals surface area contributed by atoms with Crippen molar-refractivity contribution in [3.05, 3.63) is 57.5 Å². The number of fused-ring (bicyclic) bond motifs is 1. The Hall–Kier alpha value is -1.23. The van der Waals surface area contributed by atoms with E-state index in [0.29, 0.717) is 6.42 Å². The lowest BCUT2D eigenvalue weighted by atomic mass is 10.0. The van der Waals surface area contributed by atoms with E-state index in [0.717, 1.165) is 31.6 Å². The van der Waals surface area contributed by atoms with E-state index in [1.807, 2.05) is 11.3 Å². The molecule has 2 aromatic rings. The van der Waals surface area contributed by atoms with Crippen LogP contribution >= 0.6 is 11.3 Å². The molecule has 0 aliphatic carbocycles. The van der Waals surface area contributed by atoms with Crippen LogP contribution in [0.4, 0.5) is 4.39 Å². The molecule has 0 bridgehead atoms. The average Bonchev–Trinajstić information content (AvgIpc) is 2.93. The molecule has 0 fully saturated rings. The minimum Gasteiger partial charge on any atom is -0.388 e. The van der Waals surface area contributed by atoms with Crippen LogP contribution in [0, 0.1) is 5.82 Å². The van der Waals surface area contributed by atoms with Gasteiger partial charge in [-0.1, -0.05) is 12.1 Å². The van der Waals surface area contributed by atoms with Gasteiger partial charge in [-0.15, -0.1) is 11.3 Å². The van der Waals surface area contributed by atoms with E-state index in [4.69, 9.17) is 0 Å². The molecule has 1 unspecified atom stereocenters. The van der Waals surface area contributed by atoms with E-state index in [1.165, 1.54) is 22.6 Å². The summed E-state index contributed by atoms with van der Waals surface area (Å²) in [5.41, 5.74) is 2.22. The summed E-state index contributed by atoms with van der Waals surface area (Å²) in [6.07, 6.45) is 1.28. The molecule has 0 saturated heterocycles. The van der Waals surface area contributed by atoms with E-state index < -0.39 is 6.10 Å². The number of rotatable bonds is 4. The molecule has 1 aromatic carbocycles. The Kier molecular flexibility index (Phi) is 4.15. The summed E-state index contributed by atoms with van der Waals surface area (Å²) in [5, 5.41) is 12.3. The Morgan fingerprint density at radius 2 is 2.05 bits per heavy atom. The molecule has 1 aromatic heterocycles. The Bertz CT molecular complexity index is 566. The van der Waals surface area contributed by atoms with E-state index >= 15 is 0 Å². The van der Waals surface area contributed by atoms with Gasteiger partial charge in [0.2, 0.25) is 0 Å². The number of nitrogens with zero attached hydrogens (tertiary/aromatic N) is 1. The number of benzene rings is 1. The van der Waals surface area contributed by atoms with Crippen LogP contribution in [-0.2, 0) is 13.0 Å². The van der Waals surface area contributed by atoms with E-state index in [9.17, 15) is 9.50 Å². The molecule has 106 valence electrons. The lowest BCUT2D eigenvalue weighted by molar-refractivity contribution is 0.137. The first-order chi connectivity index (χ1) is 9.72. The van der Waals surface area contributed by atoms with Crippen molar-refractivity contribution in [1.82, 2.24) is 4.90 Å². The summed E-state index contributed by atoms with van der Waals surface area (Å²) in [6, 6.07) is 8.32. The first kappa shape index (κ1) is 13.7. The molecule has 20 heavy (non-hydrogen) atoms. The number of aliphatic hydroxyl groups excluding tert-OH is 1. The molecule has 1 aliphatic rings. The highest BCUT2D eigenvalue weighted by atomic mass is 32.1. The highest BCUT2D eigenvalue weighted by Crippen LogP contribution is 2.25. The van der Waals surface area contributed by atoms with Crippen LogP contribution in [0.25, 0.3) is 0 Å². The molecule has 4 heteroatoms. The van der Waals surface area contributed by atoms with Crippen molar-refractivity contribution >= 4 is 11.3 Å². The van der Waals surface area contributed by atoms with E-state index in [1.54, 1.807) is 12.1 Å². The highest BCUT2D eigenvalue weighted by Gasteiger charge is 2.18. The second-order valence-electron chi connectivity index (χ2n) is 5.25. The first-order valence-electron chi connectivity index (χ1n) is 6.93. The quantitative estimate of drug-likeness (QED) is 0.933. The van der Waals surface area contributed by atoms with Crippen molar-refractivity contribution in [2.75, 3.05) is 13.1 Å². The van der Waals surface area contributed by atoms with Crippen LogP contribution in [0.1, 0.15) is 28.5 Å². The summed E-state index contributed by atoms with van der Waals surface area (Å²) in [4.78, 5) is 3.88. The maximum Gasteiger partial charge on any atom is 0.123 e. The van der Waals surface area contributed by atoms with Crippen molar-refractivity contribution in [2.24, 2.45) is 0 Å². The van der Waals surface area contributed by atoms with Gasteiger partial charge in [0, 0.05) is 24.5 Å². The van der Waals surface area contributed by atoms with Crippen molar-refractivity contribution in [3.8, 4) is 0 Å². The van der Waals surface area contributed by atoms with Crippen LogP contribution < -0.4 is 0 Å². The van der Waals surface area contributed by atoms with Gasteiger partial charge in [0.25, 0.3) is 0 Å². The zero-order chi connectivity index (χ0) is 13.9. The fourth-order valence-corrected chi connectivity index (χ4v) is 3.54. The second-order valence-corrected chi connectivity index (χ2v) is 6.25. The van der Waals surface area contributed by atoms with Crippen LogP contribution in [0.3, 0.4) is 0 Å². The first-order valence-corrected chi connectivity index (χ1v) is 7.81. The summed E-state index contributed by atoms with van der Waals surface area (Å²) < 4.78 is 12.8. The molecule has 3 rings (SSSR count). The molecule has 1 N–H and O–H groups in total. The summed E-state index contributed by atoms with van der Waals surface area (Å²) in [6.45, 7) is 2.91. The SMILES string of the molecule is OC(CCN1CCc2sccc2C1)c1ccc(F)cc1. The normalized spacial score (nSPS) is 16.9. The third-order valence-electron chi connectivity index (χ3n) is 3.86. The van der Waals surface area contributed by atoms with Gasteiger partial charge in [-0.2, -0.15) is 0 Å². The second kappa shape index (κ2) is 6.04. The number of halogens is 1. The summed E-state index contributed by atoms with van der Waals surface area (Å²) in [5.74, 6) is -0.262. The van der Waals surface area contributed by atoms with Crippen LogP contribution in [0.15, 0.2) is 35.7 Å².